The molecular formula is C27H31N5O2. The number of nitrogens with zero attached hydrogens (tertiary/aromatic N) is 2. The Balaban J connectivity index is 1.32. The summed E-state index contributed by atoms with van der Waals surface area (Å²) < 4.78 is 0. The number of rotatable bonds is 6. The zero-order valence-electron chi connectivity index (χ0n) is 19.2. The van der Waals surface area contributed by atoms with Crippen molar-refractivity contribution in [1.29, 1.82) is 0 Å². The maximum absolute atomic E-state index is 13.7. The minimum atomic E-state index is -0.777. The van der Waals surface area contributed by atoms with Gasteiger partial charge in [0.25, 0.3) is 0 Å². The van der Waals surface area contributed by atoms with Crippen molar-refractivity contribution in [1.82, 2.24) is 20.4 Å². The molecule has 2 aliphatic rings. The Morgan fingerprint density at radius 3 is 2.38 bits per heavy atom. The van der Waals surface area contributed by atoms with E-state index in [-0.39, 0.29) is 23.8 Å². The van der Waals surface area contributed by atoms with Gasteiger partial charge in [-0.3, -0.25) is 14.7 Å². The van der Waals surface area contributed by atoms with Crippen LogP contribution in [-0.4, -0.2) is 51.6 Å². The number of carbonyl (C=O) groups excluding carboxylic acids is 2. The Morgan fingerprint density at radius 1 is 1.03 bits per heavy atom. The summed E-state index contributed by atoms with van der Waals surface area (Å²) in [6.45, 7) is 0.553. The number of benzene rings is 2. The highest BCUT2D eigenvalue weighted by Gasteiger charge is 2.39. The number of fused-ring (bicyclic) bond motifs is 1. The van der Waals surface area contributed by atoms with E-state index in [0.29, 0.717) is 13.0 Å². The number of hydrogen-bond acceptors (Lipinski definition) is 4. The monoisotopic (exact) mass is 457 g/mol. The van der Waals surface area contributed by atoms with Crippen molar-refractivity contribution in [3.8, 4) is 0 Å². The average Bonchev–Trinajstić information content (AvgIpc) is 3.54. The molecule has 3 unspecified atom stereocenters. The summed E-state index contributed by atoms with van der Waals surface area (Å²) >= 11 is 0. The Morgan fingerprint density at radius 2 is 1.71 bits per heavy atom. The highest BCUT2D eigenvalue weighted by atomic mass is 16.2. The third-order valence-corrected chi connectivity index (χ3v) is 7.16. The summed E-state index contributed by atoms with van der Waals surface area (Å²) in [6, 6.07) is 18.6. The van der Waals surface area contributed by atoms with Crippen molar-refractivity contribution in [3.63, 3.8) is 0 Å². The standard InChI is InChI=1S/C27H31N5O2/c28-25(24(18-8-3-1-4-9-18)19-10-5-2-6-11-19)27(34)32-15-7-12-23(32)26(33)30-21-13-14-22-20(16-21)17-29-31-22/h1-6,8-11,17,21,23-25H,7,12-16,28H2,(H,29,31)(H,30,33). The topological polar surface area (TPSA) is 104 Å². The fourth-order valence-corrected chi connectivity index (χ4v) is 5.40. The summed E-state index contributed by atoms with van der Waals surface area (Å²) in [5.41, 5.74) is 11.0. The average molecular weight is 458 g/mol. The molecule has 2 heterocycles. The summed E-state index contributed by atoms with van der Waals surface area (Å²) in [5.74, 6) is -0.529. The highest BCUT2D eigenvalue weighted by molar-refractivity contribution is 5.91. The molecule has 3 aromatic rings. The first-order chi connectivity index (χ1) is 16.6. The van der Waals surface area contributed by atoms with Gasteiger partial charge in [0.15, 0.2) is 0 Å². The molecule has 2 amide bonds. The minimum absolute atomic E-state index is 0.0604. The van der Waals surface area contributed by atoms with E-state index in [9.17, 15) is 9.59 Å². The molecule has 1 aromatic heterocycles. The van der Waals surface area contributed by atoms with E-state index in [2.05, 4.69) is 15.5 Å². The lowest BCUT2D eigenvalue weighted by Gasteiger charge is -2.32. The molecular weight excluding hydrogens is 426 g/mol. The third-order valence-electron chi connectivity index (χ3n) is 7.16. The van der Waals surface area contributed by atoms with Crippen molar-refractivity contribution in [2.75, 3.05) is 6.54 Å². The van der Waals surface area contributed by atoms with Crippen LogP contribution in [-0.2, 0) is 22.4 Å². The summed E-state index contributed by atoms with van der Waals surface area (Å²) in [5, 5.41) is 10.3. The zero-order valence-corrected chi connectivity index (χ0v) is 19.2. The van der Waals surface area contributed by atoms with Crippen molar-refractivity contribution in [2.24, 2.45) is 5.73 Å². The molecule has 7 nitrogen and oxygen atoms in total. The number of aromatic nitrogens is 2. The van der Waals surface area contributed by atoms with Crippen LogP contribution in [0.1, 0.15) is 47.6 Å². The number of nitrogens with one attached hydrogen (secondary N) is 2. The van der Waals surface area contributed by atoms with Crippen LogP contribution < -0.4 is 11.1 Å². The SMILES string of the molecule is NC(C(=O)N1CCCC1C(=O)NC1CCc2[nH]ncc2C1)C(c1ccccc1)c1ccccc1. The number of H-pyrrole nitrogens is 1. The molecule has 5 rings (SSSR count). The first kappa shape index (κ1) is 22.3. The van der Waals surface area contributed by atoms with Gasteiger partial charge in [-0.05, 0) is 48.8 Å². The molecule has 4 N–H and O–H groups in total. The van der Waals surface area contributed by atoms with E-state index in [1.54, 1.807) is 4.90 Å². The molecule has 0 radical (unpaired) electrons. The van der Waals surface area contributed by atoms with Gasteiger partial charge < -0.3 is 16.0 Å². The van der Waals surface area contributed by atoms with Gasteiger partial charge in [0.05, 0.1) is 12.2 Å². The number of hydrogen-bond donors (Lipinski definition) is 3. The van der Waals surface area contributed by atoms with Crippen LogP contribution in [0.25, 0.3) is 0 Å². The van der Waals surface area contributed by atoms with E-state index in [0.717, 1.165) is 48.1 Å². The second-order valence-electron chi connectivity index (χ2n) is 9.34. The lowest BCUT2D eigenvalue weighted by atomic mass is 9.84. The maximum atomic E-state index is 13.7. The van der Waals surface area contributed by atoms with Crippen LogP contribution in [0.15, 0.2) is 66.9 Å². The smallest absolute Gasteiger partial charge is 0.243 e. The second kappa shape index (κ2) is 9.81. The number of aryl methyl sites for hydroxylation is 1. The Bertz CT molecular complexity index is 1090. The van der Waals surface area contributed by atoms with E-state index >= 15 is 0 Å². The van der Waals surface area contributed by atoms with Crippen LogP contribution in [0.3, 0.4) is 0 Å². The quantitative estimate of drug-likeness (QED) is 0.529. The minimum Gasteiger partial charge on any atom is -0.351 e. The van der Waals surface area contributed by atoms with Crippen molar-refractivity contribution >= 4 is 11.8 Å². The van der Waals surface area contributed by atoms with Crippen LogP contribution >= 0.6 is 0 Å². The first-order valence-electron chi connectivity index (χ1n) is 12.1. The number of amides is 2. The summed E-state index contributed by atoms with van der Waals surface area (Å²) in [4.78, 5) is 28.6. The number of aromatic amines is 1. The number of likely N-dealkylation sites (tertiary alicyclic amines) is 1. The van der Waals surface area contributed by atoms with E-state index in [1.807, 2.05) is 66.9 Å². The Labute approximate surface area is 199 Å². The lowest BCUT2D eigenvalue weighted by Crippen LogP contribution is -2.54. The van der Waals surface area contributed by atoms with Gasteiger partial charge in [0.1, 0.15) is 6.04 Å². The summed E-state index contributed by atoms with van der Waals surface area (Å²) in [6.07, 6.45) is 5.80. The molecule has 1 aliphatic carbocycles. The fraction of sp³-hybridized carbons (Fsp3) is 0.370. The molecule has 0 spiro atoms. The van der Waals surface area contributed by atoms with Crippen LogP contribution in [0.2, 0.25) is 0 Å². The van der Waals surface area contributed by atoms with Gasteiger partial charge in [0.2, 0.25) is 11.8 Å². The van der Waals surface area contributed by atoms with Crippen LogP contribution in [0.5, 0.6) is 0 Å². The molecule has 1 aliphatic heterocycles. The second-order valence-corrected chi connectivity index (χ2v) is 9.34. The van der Waals surface area contributed by atoms with Gasteiger partial charge in [-0.15, -0.1) is 0 Å². The van der Waals surface area contributed by atoms with Crippen molar-refractivity contribution in [2.45, 2.75) is 56.1 Å². The molecule has 3 atom stereocenters. The lowest BCUT2D eigenvalue weighted by molar-refractivity contribution is -0.140. The van der Waals surface area contributed by atoms with E-state index < -0.39 is 12.1 Å². The van der Waals surface area contributed by atoms with Gasteiger partial charge in [-0.2, -0.15) is 5.10 Å². The zero-order chi connectivity index (χ0) is 23.5. The number of nitrogens with two attached hydrogens (primary N) is 1. The van der Waals surface area contributed by atoms with E-state index in [4.69, 9.17) is 5.73 Å². The molecule has 2 aromatic carbocycles. The van der Waals surface area contributed by atoms with E-state index in [1.165, 1.54) is 0 Å². The molecule has 176 valence electrons. The largest absolute Gasteiger partial charge is 0.351 e. The van der Waals surface area contributed by atoms with Crippen molar-refractivity contribution < 1.29 is 9.59 Å². The molecule has 34 heavy (non-hydrogen) atoms. The van der Waals surface area contributed by atoms with Gasteiger partial charge in [-0.25, -0.2) is 0 Å². The molecule has 0 saturated carbocycles. The molecule has 0 bridgehead atoms. The predicted octanol–water partition coefficient (Wildman–Crippen LogP) is 2.53. The third kappa shape index (κ3) is 4.48. The van der Waals surface area contributed by atoms with Gasteiger partial charge in [0, 0.05) is 24.2 Å². The maximum Gasteiger partial charge on any atom is 0.243 e. The summed E-state index contributed by atoms with van der Waals surface area (Å²) in [7, 11) is 0. The molecule has 7 heteroatoms. The Hall–Kier alpha value is -3.45. The Kier molecular flexibility index (Phi) is 6.45. The predicted molar refractivity (Wildman–Crippen MR) is 130 cm³/mol. The van der Waals surface area contributed by atoms with Crippen LogP contribution in [0.4, 0.5) is 0 Å². The van der Waals surface area contributed by atoms with Gasteiger partial charge >= 0.3 is 0 Å². The highest BCUT2D eigenvalue weighted by Crippen LogP contribution is 2.30. The first-order valence-corrected chi connectivity index (χ1v) is 12.1. The number of carbonyl (C=O) groups is 2. The van der Waals surface area contributed by atoms with Gasteiger partial charge in [-0.1, -0.05) is 60.7 Å². The van der Waals surface area contributed by atoms with Crippen LogP contribution in [0, 0.1) is 0 Å². The normalized spacial score (nSPS) is 20.7. The molecule has 1 saturated heterocycles. The van der Waals surface area contributed by atoms with Crippen molar-refractivity contribution in [3.05, 3.63) is 89.2 Å². The molecule has 1 fully saturated rings. The fourth-order valence-electron chi connectivity index (χ4n) is 5.40.